The van der Waals surface area contributed by atoms with Gasteiger partial charge in [0, 0.05) is 49.7 Å². The van der Waals surface area contributed by atoms with Gasteiger partial charge >= 0.3 is 6.03 Å². The predicted molar refractivity (Wildman–Crippen MR) is 82.5 cm³/mol. The number of nitrogens with zero attached hydrogens (tertiary/aromatic N) is 3. The molecule has 3 fully saturated rings. The van der Waals surface area contributed by atoms with Crippen LogP contribution in [0.3, 0.4) is 0 Å². The quantitative estimate of drug-likeness (QED) is 0.929. The van der Waals surface area contributed by atoms with E-state index < -0.39 is 0 Å². The molecule has 0 unspecified atom stereocenters. The van der Waals surface area contributed by atoms with Crippen molar-refractivity contribution in [3.8, 4) is 0 Å². The molecule has 0 aromatic carbocycles. The third-order valence-electron chi connectivity index (χ3n) is 4.97. The zero-order chi connectivity index (χ0) is 14.2. The minimum absolute atomic E-state index is 0.112. The molecule has 1 N–H and O–H groups in total. The maximum Gasteiger partial charge on any atom is 0.317 e. The first-order valence-corrected chi connectivity index (χ1v) is 8.82. The SMILES string of the molecule is O=C1NC[C@@H]2CN(Cc3cnc(C4CCCC4)s3)CCN12. The number of aromatic nitrogens is 1. The van der Waals surface area contributed by atoms with Crippen molar-refractivity contribution in [3.63, 3.8) is 0 Å². The van der Waals surface area contributed by atoms with Crippen LogP contribution in [-0.2, 0) is 6.54 Å². The van der Waals surface area contributed by atoms with E-state index in [1.54, 1.807) is 0 Å². The molecule has 0 spiro atoms. The summed E-state index contributed by atoms with van der Waals surface area (Å²) >= 11 is 1.90. The van der Waals surface area contributed by atoms with Crippen molar-refractivity contribution in [2.24, 2.45) is 0 Å². The van der Waals surface area contributed by atoms with E-state index in [-0.39, 0.29) is 6.03 Å². The van der Waals surface area contributed by atoms with Gasteiger partial charge in [0.1, 0.15) is 0 Å². The monoisotopic (exact) mass is 306 g/mol. The zero-order valence-electron chi connectivity index (χ0n) is 12.3. The Morgan fingerprint density at radius 3 is 3.05 bits per heavy atom. The van der Waals surface area contributed by atoms with Crippen molar-refractivity contribution in [2.45, 2.75) is 44.2 Å². The number of hydrogen-bond acceptors (Lipinski definition) is 4. The molecule has 1 saturated carbocycles. The third-order valence-corrected chi connectivity index (χ3v) is 6.12. The van der Waals surface area contributed by atoms with Crippen LogP contribution in [0.1, 0.15) is 41.5 Å². The molecular formula is C15H22N4OS. The summed E-state index contributed by atoms with van der Waals surface area (Å²) in [6.07, 6.45) is 7.44. The zero-order valence-corrected chi connectivity index (χ0v) is 13.1. The normalized spacial score (nSPS) is 27.1. The number of fused-ring (bicyclic) bond motifs is 1. The van der Waals surface area contributed by atoms with Gasteiger partial charge < -0.3 is 10.2 Å². The van der Waals surface area contributed by atoms with Crippen molar-refractivity contribution in [3.05, 3.63) is 16.1 Å². The standard InChI is InChI=1S/C15H22N4OS/c20-15-17-7-12-9-18(5-6-19(12)15)10-13-8-16-14(21-13)11-3-1-2-4-11/h8,11-12H,1-7,9-10H2,(H,17,20)/t12-/m1/s1. The number of piperazine rings is 1. The Morgan fingerprint density at radius 2 is 2.19 bits per heavy atom. The fourth-order valence-electron chi connectivity index (χ4n) is 3.79. The Hall–Kier alpha value is -1.14. The maximum absolute atomic E-state index is 11.6. The van der Waals surface area contributed by atoms with Crippen LogP contribution < -0.4 is 5.32 Å². The van der Waals surface area contributed by atoms with Crippen molar-refractivity contribution in [1.82, 2.24) is 20.1 Å². The first-order chi connectivity index (χ1) is 10.3. The van der Waals surface area contributed by atoms with E-state index in [0.29, 0.717) is 6.04 Å². The first-order valence-electron chi connectivity index (χ1n) is 8.01. The lowest BCUT2D eigenvalue weighted by Gasteiger charge is -2.36. The molecule has 2 saturated heterocycles. The lowest BCUT2D eigenvalue weighted by molar-refractivity contribution is 0.117. The number of rotatable bonds is 3. The average molecular weight is 306 g/mol. The molecule has 1 atom stereocenters. The van der Waals surface area contributed by atoms with Gasteiger partial charge in [0.05, 0.1) is 11.0 Å². The summed E-state index contributed by atoms with van der Waals surface area (Å²) in [5, 5.41) is 4.28. The van der Waals surface area contributed by atoms with E-state index >= 15 is 0 Å². The van der Waals surface area contributed by atoms with E-state index in [1.807, 2.05) is 16.2 Å². The third kappa shape index (κ3) is 2.66. The highest BCUT2D eigenvalue weighted by Gasteiger charge is 2.35. The summed E-state index contributed by atoms with van der Waals surface area (Å²) in [6.45, 7) is 4.59. The second-order valence-electron chi connectivity index (χ2n) is 6.41. The number of urea groups is 1. The molecule has 3 heterocycles. The molecule has 1 aromatic rings. The largest absolute Gasteiger partial charge is 0.336 e. The molecule has 114 valence electrons. The first kappa shape index (κ1) is 13.5. The molecular weight excluding hydrogens is 284 g/mol. The fraction of sp³-hybridized carbons (Fsp3) is 0.733. The summed E-state index contributed by atoms with van der Waals surface area (Å²) in [7, 11) is 0. The van der Waals surface area contributed by atoms with Crippen LogP contribution in [0, 0.1) is 0 Å². The number of carbonyl (C=O) groups is 1. The molecule has 3 aliphatic rings. The number of carbonyl (C=O) groups excluding carboxylic acids is 1. The van der Waals surface area contributed by atoms with E-state index in [4.69, 9.17) is 0 Å². The highest BCUT2D eigenvalue weighted by atomic mass is 32.1. The van der Waals surface area contributed by atoms with Crippen LogP contribution in [0.25, 0.3) is 0 Å². The van der Waals surface area contributed by atoms with Gasteiger partial charge in [-0.25, -0.2) is 9.78 Å². The van der Waals surface area contributed by atoms with Gasteiger partial charge in [-0.1, -0.05) is 12.8 Å². The van der Waals surface area contributed by atoms with Crippen LogP contribution in [0.2, 0.25) is 0 Å². The van der Waals surface area contributed by atoms with Crippen LogP contribution in [0.4, 0.5) is 4.79 Å². The lowest BCUT2D eigenvalue weighted by Crippen LogP contribution is -2.51. The Kier molecular flexibility index (Phi) is 3.59. The van der Waals surface area contributed by atoms with Crippen molar-refractivity contribution in [1.29, 1.82) is 0 Å². The second kappa shape index (κ2) is 5.57. The van der Waals surface area contributed by atoms with Gasteiger partial charge in [0.2, 0.25) is 0 Å². The van der Waals surface area contributed by atoms with Crippen LogP contribution >= 0.6 is 11.3 Å². The van der Waals surface area contributed by atoms with Gasteiger partial charge in [-0.2, -0.15) is 0 Å². The van der Waals surface area contributed by atoms with Crippen LogP contribution in [-0.4, -0.2) is 53.0 Å². The van der Waals surface area contributed by atoms with Crippen LogP contribution in [0.5, 0.6) is 0 Å². The summed E-state index contributed by atoms with van der Waals surface area (Å²) in [6, 6.07) is 0.467. The predicted octanol–water partition coefficient (Wildman–Crippen LogP) is 2.01. The number of thiazole rings is 1. The van der Waals surface area contributed by atoms with Gasteiger partial charge in [0.15, 0.2) is 0 Å². The number of amides is 2. The van der Waals surface area contributed by atoms with Gasteiger partial charge in [-0.15, -0.1) is 11.3 Å². The summed E-state index contributed by atoms with van der Waals surface area (Å²) in [5.41, 5.74) is 0. The Balaban J connectivity index is 1.37. The molecule has 0 bridgehead atoms. The second-order valence-corrected chi connectivity index (χ2v) is 7.56. The average Bonchev–Trinajstić information content (AvgIpc) is 3.20. The van der Waals surface area contributed by atoms with Crippen molar-refractivity contribution < 1.29 is 4.79 Å². The highest BCUT2D eigenvalue weighted by Crippen LogP contribution is 2.36. The molecule has 1 aromatic heterocycles. The fourth-order valence-corrected chi connectivity index (χ4v) is 4.92. The number of nitrogens with one attached hydrogen (secondary N) is 1. The molecule has 5 nitrogen and oxygen atoms in total. The topological polar surface area (TPSA) is 48.5 Å². The highest BCUT2D eigenvalue weighted by molar-refractivity contribution is 7.11. The minimum Gasteiger partial charge on any atom is -0.336 e. The van der Waals surface area contributed by atoms with E-state index in [9.17, 15) is 4.79 Å². The van der Waals surface area contributed by atoms with E-state index in [1.165, 1.54) is 35.6 Å². The molecule has 2 amide bonds. The van der Waals surface area contributed by atoms with E-state index in [0.717, 1.165) is 38.6 Å². The van der Waals surface area contributed by atoms with Gasteiger partial charge in [-0.05, 0) is 12.8 Å². The molecule has 21 heavy (non-hydrogen) atoms. The van der Waals surface area contributed by atoms with Gasteiger partial charge in [0.25, 0.3) is 0 Å². The Labute approximate surface area is 129 Å². The van der Waals surface area contributed by atoms with E-state index in [2.05, 4.69) is 21.4 Å². The molecule has 1 aliphatic carbocycles. The molecule has 2 aliphatic heterocycles. The molecule has 6 heteroatoms. The Morgan fingerprint density at radius 1 is 1.33 bits per heavy atom. The Bertz CT molecular complexity index is 525. The minimum atomic E-state index is 0.112. The molecule has 0 radical (unpaired) electrons. The summed E-state index contributed by atoms with van der Waals surface area (Å²) in [5.74, 6) is 0.720. The maximum atomic E-state index is 11.6. The van der Waals surface area contributed by atoms with Crippen molar-refractivity contribution in [2.75, 3.05) is 26.2 Å². The summed E-state index contributed by atoms with van der Waals surface area (Å²) < 4.78 is 0. The number of hydrogen-bond donors (Lipinski definition) is 1. The van der Waals surface area contributed by atoms with Gasteiger partial charge in [-0.3, -0.25) is 4.90 Å². The molecule has 4 rings (SSSR count). The lowest BCUT2D eigenvalue weighted by atomic mass is 10.1. The van der Waals surface area contributed by atoms with Crippen molar-refractivity contribution >= 4 is 17.4 Å². The summed E-state index contributed by atoms with van der Waals surface area (Å²) in [4.78, 5) is 22.1. The smallest absolute Gasteiger partial charge is 0.317 e. The van der Waals surface area contributed by atoms with Crippen LogP contribution in [0.15, 0.2) is 6.20 Å².